The number of fused-ring (bicyclic) bond motifs is 1. The van der Waals surface area contributed by atoms with E-state index in [2.05, 4.69) is 6.58 Å². The van der Waals surface area contributed by atoms with Gasteiger partial charge in [-0.2, -0.15) is 0 Å². The molecule has 1 aromatic rings. The molecule has 0 amide bonds. The molecule has 2 aliphatic heterocycles. The summed E-state index contributed by atoms with van der Waals surface area (Å²) in [6, 6.07) is 7.61. The first kappa shape index (κ1) is 20.8. The number of rotatable bonds is 8. The molecule has 2 fully saturated rings. The second-order valence-electron chi connectivity index (χ2n) is 7.37. The summed E-state index contributed by atoms with van der Waals surface area (Å²) in [5.74, 6) is -0.370. The van der Waals surface area contributed by atoms with E-state index in [1.807, 2.05) is 38.1 Å². The second-order valence-corrected chi connectivity index (χ2v) is 7.37. The summed E-state index contributed by atoms with van der Waals surface area (Å²) in [7, 11) is 1.63. The molecule has 0 bridgehead atoms. The number of carbonyl (C=O) groups excluding carboxylic acids is 1. The fraction of sp³-hybridized carbons (Fsp3) is 0.571. The van der Waals surface area contributed by atoms with Gasteiger partial charge in [-0.1, -0.05) is 18.2 Å². The summed E-state index contributed by atoms with van der Waals surface area (Å²) in [6.07, 6.45) is -0.340. The minimum Gasteiger partial charge on any atom is -0.497 e. The van der Waals surface area contributed by atoms with E-state index >= 15 is 0 Å². The number of ether oxygens (including phenoxy) is 6. The predicted molar refractivity (Wildman–Crippen MR) is 101 cm³/mol. The van der Waals surface area contributed by atoms with E-state index < -0.39 is 36.5 Å². The third-order valence-corrected chi connectivity index (χ3v) is 4.70. The summed E-state index contributed by atoms with van der Waals surface area (Å²) in [5.41, 5.74) is 0.977. The van der Waals surface area contributed by atoms with Crippen LogP contribution in [0.2, 0.25) is 0 Å². The zero-order valence-corrected chi connectivity index (χ0v) is 16.8. The number of methoxy groups -OCH3 is 1. The molecule has 0 radical (unpaired) electrons. The summed E-state index contributed by atoms with van der Waals surface area (Å²) >= 11 is 0. The average molecular weight is 392 g/mol. The van der Waals surface area contributed by atoms with Crippen LogP contribution in [-0.4, -0.2) is 49.6 Å². The molecule has 2 aliphatic rings. The van der Waals surface area contributed by atoms with Crippen LogP contribution in [0.1, 0.15) is 32.8 Å². The van der Waals surface area contributed by atoms with Crippen LogP contribution >= 0.6 is 0 Å². The molecule has 7 heteroatoms. The molecular weight excluding hydrogens is 364 g/mol. The van der Waals surface area contributed by atoms with Crippen LogP contribution in [0.3, 0.4) is 0 Å². The first-order valence-corrected chi connectivity index (χ1v) is 9.36. The first-order chi connectivity index (χ1) is 13.3. The van der Waals surface area contributed by atoms with Gasteiger partial charge in [0, 0.05) is 13.3 Å². The van der Waals surface area contributed by atoms with Gasteiger partial charge in [0.2, 0.25) is 0 Å². The fourth-order valence-corrected chi connectivity index (χ4v) is 3.55. The maximum atomic E-state index is 11.5. The molecule has 1 aromatic carbocycles. The van der Waals surface area contributed by atoms with Gasteiger partial charge in [-0.3, -0.25) is 4.79 Å². The Labute approximate surface area is 165 Å². The van der Waals surface area contributed by atoms with Crippen LogP contribution in [0.5, 0.6) is 5.75 Å². The highest BCUT2D eigenvalue weighted by molar-refractivity contribution is 5.66. The molecule has 0 aromatic heterocycles. The van der Waals surface area contributed by atoms with Crippen LogP contribution in [-0.2, 0) is 35.1 Å². The Bertz CT molecular complexity index is 684. The summed E-state index contributed by atoms with van der Waals surface area (Å²) in [4.78, 5) is 11.5. The van der Waals surface area contributed by atoms with E-state index in [4.69, 9.17) is 28.4 Å². The molecule has 7 nitrogen and oxygen atoms in total. The lowest BCUT2D eigenvalue weighted by Gasteiger charge is -2.28. The first-order valence-electron chi connectivity index (χ1n) is 9.36. The molecule has 2 saturated heterocycles. The molecule has 28 heavy (non-hydrogen) atoms. The van der Waals surface area contributed by atoms with Gasteiger partial charge < -0.3 is 28.4 Å². The lowest BCUT2D eigenvalue weighted by molar-refractivity contribution is -0.247. The Morgan fingerprint density at radius 2 is 1.93 bits per heavy atom. The van der Waals surface area contributed by atoms with Crippen molar-refractivity contribution in [2.45, 2.75) is 70.3 Å². The minimum absolute atomic E-state index is 0.341. The number of esters is 1. The van der Waals surface area contributed by atoms with Crippen LogP contribution in [0.4, 0.5) is 0 Å². The fourth-order valence-electron chi connectivity index (χ4n) is 3.55. The Balaban J connectivity index is 1.71. The quantitative estimate of drug-likeness (QED) is 0.497. The standard InChI is InChI=1S/C21H28O7/c1-6-7-16(25-13(2)22)17-18-19(28-21(3,4)27-18)20(26-17)24-12-14-8-10-15(23-5)11-9-14/h6,8-11,16-20H,1,7,12H2,2-5H3/t16-,17+,18-,19-,20-/m0/s1. The lowest BCUT2D eigenvalue weighted by Crippen LogP contribution is -2.40. The maximum Gasteiger partial charge on any atom is 0.303 e. The van der Waals surface area contributed by atoms with Gasteiger partial charge in [0.25, 0.3) is 0 Å². The third kappa shape index (κ3) is 4.72. The minimum atomic E-state index is -0.770. The molecule has 2 heterocycles. The monoisotopic (exact) mass is 392 g/mol. The number of benzene rings is 1. The van der Waals surface area contributed by atoms with Gasteiger partial charge in [0.05, 0.1) is 13.7 Å². The Morgan fingerprint density at radius 3 is 2.54 bits per heavy atom. The summed E-state index contributed by atoms with van der Waals surface area (Å²) in [6.45, 7) is 9.14. The van der Waals surface area contributed by atoms with Crippen LogP contribution in [0, 0.1) is 0 Å². The Kier molecular flexibility index (Phi) is 6.40. The van der Waals surface area contributed by atoms with Gasteiger partial charge in [0.15, 0.2) is 12.1 Å². The molecular formula is C21H28O7. The maximum absolute atomic E-state index is 11.5. The smallest absolute Gasteiger partial charge is 0.303 e. The second kappa shape index (κ2) is 8.61. The Morgan fingerprint density at radius 1 is 1.25 bits per heavy atom. The zero-order valence-electron chi connectivity index (χ0n) is 16.8. The van der Waals surface area contributed by atoms with Crippen molar-refractivity contribution in [3.05, 3.63) is 42.5 Å². The highest BCUT2D eigenvalue weighted by Crippen LogP contribution is 2.41. The molecule has 0 aliphatic carbocycles. The zero-order chi connectivity index (χ0) is 20.3. The van der Waals surface area contributed by atoms with Gasteiger partial charge in [-0.05, 0) is 31.5 Å². The summed E-state index contributed by atoms with van der Waals surface area (Å²) in [5, 5.41) is 0. The highest BCUT2D eigenvalue weighted by Gasteiger charge is 2.58. The van der Waals surface area contributed by atoms with Crippen molar-refractivity contribution >= 4 is 5.97 Å². The molecule has 0 saturated carbocycles. The lowest BCUT2D eigenvalue weighted by atomic mass is 10.0. The largest absolute Gasteiger partial charge is 0.497 e. The average Bonchev–Trinajstić information content (AvgIpc) is 3.13. The van der Waals surface area contributed by atoms with Crippen molar-refractivity contribution in [1.82, 2.24) is 0 Å². The van der Waals surface area contributed by atoms with Crippen molar-refractivity contribution < 1.29 is 33.2 Å². The van der Waals surface area contributed by atoms with Gasteiger partial charge in [-0.15, -0.1) is 6.58 Å². The molecule has 5 atom stereocenters. The van der Waals surface area contributed by atoms with E-state index in [0.717, 1.165) is 11.3 Å². The summed E-state index contributed by atoms with van der Waals surface area (Å²) < 4.78 is 34.8. The van der Waals surface area contributed by atoms with E-state index in [1.54, 1.807) is 13.2 Å². The molecule has 0 N–H and O–H groups in total. The normalized spacial score (nSPS) is 29.1. The number of hydrogen-bond acceptors (Lipinski definition) is 7. The van der Waals surface area contributed by atoms with Crippen LogP contribution in [0.15, 0.2) is 36.9 Å². The van der Waals surface area contributed by atoms with Gasteiger partial charge >= 0.3 is 5.97 Å². The predicted octanol–water partition coefficient (Wildman–Crippen LogP) is 2.96. The van der Waals surface area contributed by atoms with E-state index in [0.29, 0.717) is 13.0 Å². The third-order valence-electron chi connectivity index (χ3n) is 4.70. The van der Waals surface area contributed by atoms with Crippen molar-refractivity contribution in [3.8, 4) is 5.75 Å². The molecule has 3 rings (SSSR count). The van der Waals surface area contributed by atoms with E-state index in [9.17, 15) is 4.79 Å². The van der Waals surface area contributed by atoms with E-state index in [1.165, 1.54) is 6.92 Å². The number of carbonyl (C=O) groups is 1. The van der Waals surface area contributed by atoms with Gasteiger partial charge in [0.1, 0.15) is 30.2 Å². The van der Waals surface area contributed by atoms with Crippen LogP contribution < -0.4 is 4.74 Å². The molecule has 0 spiro atoms. The Hall–Kier alpha value is -1.93. The van der Waals surface area contributed by atoms with Crippen molar-refractivity contribution in [1.29, 1.82) is 0 Å². The molecule has 0 unspecified atom stereocenters. The molecule has 154 valence electrons. The van der Waals surface area contributed by atoms with Crippen molar-refractivity contribution in [3.63, 3.8) is 0 Å². The topological polar surface area (TPSA) is 72.5 Å². The van der Waals surface area contributed by atoms with Crippen molar-refractivity contribution in [2.75, 3.05) is 7.11 Å². The van der Waals surface area contributed by atoms with Crippen LogP contribution in [0.25, 0.3) is 0 Å². The van der Waals surface area contributed by atoms with Gasteiger partial charge in [-0.25, -0.2) is 0 Å². The van der Waals surface area contributed by atoms with E-state index in [-0.39, 0.29) is 5.97 Å². The van der Waals surface area contributed by atoms with Crippen molar-refractivity contribution in [2.24, 2.45) is 0 Å². The SMILES string of the molecule is C=CC[C@H](OC(C)=O)[C@H]1O[C@H](OCc2ccc(OC)cc2)[C@H]2OC(C)(C)O[C@H]21. The number of hydrogen-bond donors (Lipinski definition) is 0. The highest BCUT2D eigenvalue weighted by atomic mass is 16.8.